The molecule has 0 aliphatic carbocycles. The molecule has 2 aliphatic rings. The summed E-state index contributed by atoms with van der Waals surface area (Å²) in [6, 6.07) is 10.5. The van der Waals surface area contributed by atoms with E-state index in [4.69, 9.17) is 4.74 Å². The maximum Gasteiger partial charge on any atom is 0.211 e. The van der Waals surface area contributed by atoms with Crippen molar-refractivity contribution in [2.75, 3.05) is 39.6 Å². The van der Waals surface area contributed by atoms with E-state index in [9.17, 15) is 8.42 Å². The van der Waals surface area contributed by atoms with Gasteiger partial charge in [0.1, 0.15) is 0 Å². The minimum Gasteiger partial charge on any atom is -0.383 e. The van der Waals surface area contributed by atoms with Gasteiger partial charge in [0.15, 0.2) is 0 Å². The van der Waals surface area contributed by atoms with Gasteiger partial charge in [0.2, 0.25) is 10.0 Å². The number of hydrogen-bond donors (Lipinski definition) is 0. The molecule has 1 spiro atoms. The first kappa shape index (κ1) is 17.9. The summed E-state index contributed by atoms with van der Waals surface area (Å²) in [5.74, 6) is 0. The van der Waals surface area contributed by atoms with Gasteiger partial charge >= 0.3 is 0 Å². The molecule has 0 radical (unpaired) electrons. The third kappa shape index (κ3) is 3.99. The Hall–Kier alpha value is -0.950. The largest absolute Gasteiger partial charge is 0.383 e. The third-order valence-electron chi connectivity index (χ3n) is 5.52. The summed E-state index contributed by atoms with van der Waals surface area (Å²) >= 11 is 0. The van der Waals surface area contributed by atoms with E-state index < -0.39 is 10.0 Å². The van der Waals surface area contributed by atoms with E-state index >= 15 is 0 Å². The minimum absolute atomic E-state index is 0.00864. The van der Waals surface area contributed by atoms with Crippen molar-refractivity contribution in [2.45, 2.75) is 31.8 Å². The number of methoxy groups -OCH3 is 1. The molecule has 2 saturated heterocycles. The maximum atomic E-state index is 12.1. The SMILES string of the molecule is COC[C@@H]1CC2(CCN(Cc3ccccc3)CC2)CN1S(C)(=O)=O. The summed E-state index contributed by atoms with van der Waals surface area (Å²) in [5.41, 5.74) is 1.47. The van der Waals surface area contributed by atoms with Crippen molar-refractivity contribution < 1.29 is 13.2 Å². The van der Waals surface area contributed by atoms with E-state index in [2.05, 4.69) is 29.2 Å². The molecule has 24 heavy (non-hydrogen) atoms. The Kier molecular flexibility index (Phi) is 5.30. The highest BCUT2D eigenvalue weighted by atomic mass is 32.2. The Labute approximate surface area is 145 Å². The van der Waals surface area contributed by atoms with Crippen LogP contribution in [0.1, 0.15) is 24.8 Å². The van der Waals surface area contributed by atoms with Crippen molar-refractivity contribution in [3.8, 4) is 0 Å². The Morgan fingerprint density at radius 1 is 1.21 bits per heavy atom. The normalized spacial score (nSPS) is 25.3. The van der Waals surface area contributed by atoms with E-state index in [1.165, 1.54) is 11.8 Å². The first-order valence-corrected chi connectivity index (χ1v) is 10.5. The molecule has 1 atom stereocenters. The van der Waals surface area contributed by atoms with Crippen molar-refractivity contribution in [1.29, 1.82) is 0 Å². The number of likely N-dealkylation sites (tertiary alicyclic amines) is 1. The van der Waals surface area contributed by atoms with Crippen LogP contribution < -0.4 is 0 Å². The summed E-state index contributed by atoms with van der Waals surface area (Å²) < 4.78 is 31.2. The molecule has 0 N–H and O–H groups in total. The van der Waals surface area contributed by atoms with E-state index in [1.807, 2.05) is 6.07 Å². The van der Waals surface area contributed by atoms with Crippen LogP contribution in [0.3, 0.4) is 0 Å². The van der Waals surface area contributed by atoms with Crippen LogP contribution in [0.4, 0.5) is 0 Å². The quantitative estimate of drug-likeness (QED) is 0.813. The second-order valence-electron chi connectivity index (χ2n) is 7.38. The summed E-state index contributed by atoms with van der Waals surface area (Å²) in [4.78, 5) is 2.48. The Morgan fingerprint density at radius 3 is 2.46 bits per heavy atom. The molecule has 0 bridgehead atoms. The highest BCUT2D eigenvalue weighted by Crippen LogP contribution is 2.44. The predicted octanol–water partition coefficient (Wildman–Crippen LogP) is 1.95. The topological polar surface area (TPSA) is 49.9 Å². The number of sulfonamides is 1. The van der Waals surface area contributed by atoms with E-state index in [0.29, 0.717) is 13.2 Å². The summed E-state index contributed by atoms with van der Waals surface area (Å²) in [6.07, 6.45) is 4.37. The molecular formula is C18H28N2O3S. The van der Waals surface area contributed by atoms with Gasteiger partial charge in [-0.1, -0.05) is 30.3 Å². The lowest BCUT2D eigenvalue weighted by molar-refractivity contribution is 0.105. The number of benzene rings is 1. The minimum atomic E-state index is -3.17. The fraction of sp³-hybridized carbons (Fsp3) is 0.667. The Morgan fingerprint density at radius 2 is 1.88 bits per heavy atom. The molecule has 0 amide bonds. The van der Waals surface area contributed by atoms with Crippen LogP contribution in [-0.2, 0) is 21.3 Å². The molecule has 6 heteroatoms. The number of hydrogen-bond acceptors (Lipinski definition) is 4. The van der Waals surface area contributed by atoms with E-state index in [-0.39, 0.29) is 11.5 Å². The zero-order valence-corrected chi connectivity index (χ0v) is 15.5. The summed E-state index contributed by atoms with van der Waals surface area (Å²) in [7, 11) is -1.52. The molecule has 134 valence electrons. The van der Waals surface area contributed by atoms with Crippen molar-refractivity contribution in [2.24, 2.45) is 5.41 Å². The fourth-order valence-electron chi connectivity index (χ4n) is 4.24. The maximum absolute atomic E-state index is 12.1. The smallest absolute Gasteiger partial charge is 0.211 e. The van der Waals surface area contributed by atoms with Gasteiger partial charge in [-0.05, 0) is 43.3 Å². The highest BCUT2D eigenvalue weighted by molar-refractivity contribution is 7.88. The first-order valence-electron chi connectivity index (χ1n) is 8.64. The zero-order valence-electron chi connectivity index (χ0n) is 14.6. The van der Waals surface area contributed by atoms with Crippen LogP contribution in [0, 0.1) is 5.41 Å². The molecule has 0 unspecified atom stereocenters. The van der Waals surface area contributed by atoms with Gasteiger partial charge in [0.05, 0.1) is 12.9 Å². The van der Waals surface area contributed by atoms with Gasteiger partial charge in [0.25, 0.3) is 0 Å². The molecule has 1 aromatic rings. The van der Waals surface area contributed by atoms with Gasteiger partial charge in [-0.25, -0.2) is 8.42 Å². The van der Waals surface area contributed by atoms with E-state index in [1.54, 1.807) is 11.4 Å². The van der Waals surface area contributed by atoms with Gasteiger partial charge in [-0.3, -0.25) is 4.90 Å². The molecule has 5 nitrogen and oxygen atoms in total. The van der Waals surface area contributed by atoms with Gasteiger partial charge in [-0.15, -0.1) is 0 Å². The predicted molar refractivity (Wildman–Crippen MR) is 95.2 cm³/mol. The van der Waals surface area contributed by atoms with Crippen molar-refractivity contribution >= 4 is 10.0 Å². The molecule has 2 fully saturated rings. The standard InChI is InChI=1S/C18H28N2O3S/c1-23-14-17-12-18(15-20(17)24(2,21)22)8-10-19(11-9-18)13-16-6-4-3-5-7-16/h3-7,17H,8-15H2,1-2H3/t17-/m0/s1. The highest BCUT2D eigenvalue weighted by Gasteiger charge is 2.48. The van der Waals surface area contributed by atoms with Crippen LogP contribution in [0.15, 0.2) is 30.3 Å². The van der Waals surface area contributed by atoms with Crippen LogP contribution in [0.25, 0.3) is 0 Å². The molecular weight excluding hydrogens is 324 g/mol. The lowest BCUT2D eigenvalue weighted by Gasteiger charge is -2.39. The van der Waals surface area contributed by atoms with Crippen LogP contribution in [0.5, 0.6) is 0 Å². The van der Waals surface area contributed by atoms with Crippen LogP contribution >= 0.6 is 0 Å². The number of rotatable bonds is 5. The number of ether oxygens (including phenoxy) is 1. The van der Waals surface area contributed by atoms with Crippen molar-refractivity contribution in [3.05, 3.63) is 35.9 Å². The zero-order chi connectivity index (χ0) is 17.2. The first-order chi connectivity index (χ1) is 11.4. The van der Waals surface area contributed by atoms with Crippen molar-refractivity contribution in [3.63, 3.8) is 0 Å². The fourth-order valence-corrected chi connectivity index (χ4v) is 5.42. The van der Waals surface area contributed by atoms with Gasteiger partial charge < -0.3 is 4.74 Å². The summed E-state index contributed by atoms with van der Waals surface area (Å²) in [5, 5.41) is 0. The summed E-state index contributed by atoms with van der Waals surface area (Å²) in [6.45, 7) is 4.19. The lowest BCUT2D eigenvalue weighted by Crippen LogP contribution is -2.42. The Bertz CT molecular complexity index is 639. The second kappa shape index (κ2) is 7.12. The Balaban J connectivity index is 1.62. The van der Waals surface area contributed by atoms with Gasteiger partial charge in [-0.2, -0.15) is 4.31 Å². The van der Waals surface area contributed by atoms with E-state index in [0.717, 1.165) is 38.9 Å². The average Bonchev–Trinajstić information content (AvgIpc) is 2.90. The number of piperidine rings is 1. The number of nitrogens with zero attached hydrogens (tertiary/aromatic N) is 2. The third-order valence-corrected chi connectivity index (χ3v) is 6.80. The van der Waals surface area contributed by atoms with Gasteiger partial charge in [0, 0.05) is 26.2 Å². The molecule has 0 saturated carbocycles. The lowest BCUT2D eigenvalue weighted by atomic mass is 9.76. The van der Waals surface area contributed by atoms with Crippen LogP contribution in [0.2, 0.25) is 0 Å². The molecule has 0 aromatic heterocycles. The molecule has 2 aliphatic heterocycles. The molecule has 3 rings (SSSR count). The van der Waals surface area contributed by atoms with Crippen LogP contribution in [-0.4, -0.2) is 63.3 Å². The molecule has 1 aromatic carbocycles. The van der Waals surface area contributed by atoms with Crippen molar-refractivity contribution in [1.82, 2.24) is 9.21 Å². The monoisotopic (exact) mass is 352 g/mol. The molecule has 2 heterocycles. The second-order valence-corrected chi connectivity index (χ2v) is 9.32. The average molecular weight is 353 g/mol.